The number of nitrogens with zero attached hydrogens (tertiary/aromatic N) is 1. The van der Waals surface area contributed by atoms with Crippen LogP contribution in [0, 0.1) is 0 Å². The van der Waals surface area contributed by atoms with E-state index in [4.69, 9.17) is 5.73 Å². The minimum Gasteiger partial charge on any atom is -0.399 e. The topological polar surface area (TPSA) is 74.2 Å². The van der Waals surface area contributed by atoms with E-state index in [9.17, 15) is 4.79 Å². The zero-order valence-electron chi connectivity index (χ0n) is 12.6. The Labute approximate surface area is 124 Å². The average Bonchev–Trinajstić information content (AvgIpc) is 2.79. The maximum Gasteiger partial charge on any atom is 0.253 e. The van der Waals surface area contributed by atoms with Crippen molar-refractivity contribution in [2.75, 3.05) is 26.4 Å². The molecule has 1 fully saturated rings. The second-order valence-electron chi connectivity index (χ2n) is 6.16. The van der Waals surface area contributed by atoms with Gasteiger partial charge in [-0.2, -0.15) is 0 Å². The maximum absolute atomic E-state index is 12.4. The number of nitrogens with two attached hydrogens (primary N) is 1. The molecule has 0 saturated heterocycles. The quantitative estimate of drug-likeness (QED) is 0.752. The van der Waals surface area contributed by atoms with E-state index in [0.29, 0.717) is 17.8 Å². The number of hydrogen-bond donors (Lipinski definition) is 3. The highest BCUT2D eigenvalue weighted by atomic mass is 16.1. The Morgan fingerprint density at radius 1 is 1.43 bits per heavy atom. The molecule has 0 spiro atoms. The number of aromatic nitrogens is 1. The van der Waals surface area contributed by atoms with E-state index in [-0.39, 0.29) is 11.4 Å². The number of amides is 1. The highest BCUT2D eigenvalue weighted by Crippen LogP contribution is 2.35. The third kappa shape index (κ3) is 2.38. The van der Waals surface area contributed by atoms with E-state index in [1.165, 1.54) is 6.42 Å². The number of fused-ring (bicyclic) bond motifs is 1. The van der Waals surface area contributed by atoms with Crippen molar-refractivity contribution in [3.05, 3.63) is 30.0 Å². The predicted molar refractivity (Wildman–Crippen MR) is 85.3 cm³/mol. The van der Waals surface area contributed by atoms with E-state index >= 15 is 0 Å². The van der Waals surface area contributed by atoms with Gasteiger partial charge in [0.05, 0.1) is 5.56 Å². The van der Waals surface area contributed by atoms with Gasteiger partial charge < -0.3 is 20.9 Å². The van der Waals surface area contributed by atoms with Crippen LogP contribution < -0.4 is 11.1 Å². The maximum atomic E-state index is 12.4. The van der Waals surface area contributed by atoms with Gasteiger partial charge in [0.25, 0.3) is 5.91 Å². The molecule has 1 heterocycles. The van der Waals surface area contributed by atoms with Crippen molar-refractivity contribution in [3.8, 4) is 0 Å². The van der Waals surface area contributed by atoms with E-state index in [2.05, 4.69) is 29.3 Å². The molecular formula is C16H22N4O. The molecular weight excluding hydrogens is 264 g/mol. The first kappa shape index (κ1) is 13.9. The van der Waals surface area contributed by atoms with Crippen LogP contribution in [0.5, 0.6) is 0 Å². The summed E-state index contributed by atoms with van der Waals surface area (Å²) in [5, 5.41) is 4.00. The number of nitrogens with one attached hydrogen (secondary N) is 2. The van der Waals surface area contributed by atoms with Crippen LogP contribution in [0.2, 0.25) is 0 Å². The van der Waals surface area contributed by atoms with E-state index in [0.717, 1.165) is 23.7 Å². The molecule has 1 amide bonds. The molecule has 5 nitrogen and oxygen atoms in total. The number of hydrogen-bond acceptors (Lipinski definition) is 3. The van der Waals surface area contributed by atoms with E-state index in [1.54, 1.807) is 6.20 Å². The minimum absolute atomic E-state index is 0.0286. The normalized spacial score (nSPS) is 16.9. The molecule has 1 aliphatic carbocycles. The van der Waals surface area contributed by atoms with Crippen LogP contribution in [-0.4, -0.2) is 42.0 Å². The van der Waals surface area contributed by atoms with Gasteiger partial charge in [0.15, 0.2) is 0 Å². The van der Waals surface area contributed by atoms with Gasteiger partial charge in [0.1, 0.15) is 0 Å². The number of likely N-dealkylation sites (N-methyl/N-ethyl adjacent to an activating group) is 1. The summed E-state index contributed by atoms with van der Waals surface area (Å²) in [5.74, 6) is -0.0286. The first-order valence-corrected chi connectivity index (χ1v) is 7.34. The van der Waals surface area contributed by atoms with Crippen LogP contribution in [0.15, 0.2) is 24.4 Å². The molecule has 0 aliphatic heterocycles. The Bertz CT molecular complexity index is 670. The van der Waals surface area contributed by atoms with Crippen molar-refractivity contribution in [3.63, 3.8) is 0 Å². The number of aromatic amines is 1. The Kier molecular flexibility index (Phi) is 3.37. The number of benzene rings is 1. The molecule has 112 valence electrons. The fraction of sp³-hybridized carbons (Fsp3) is 0.438. The molecule has 1 aromatic carbocycles. The molecule has 2 aromatic rings. The summed E-state index contributed by atoms with van der Waals surface area (Å²) in [4.78, 5) is 17.8. The third-order valence-corrected chi connectivity index (χ3v) is 4.76. The van der Waals surface area contributed by atoms with Gasteiger partial charge in [-0.25, -0.2) is 0 Å². The number of H-pyrrole nitrogens is 1. The van der Waals surface area contributed by atoms with E-state index < -0.39 is 0 Å². The number of nitrogen functional groups attached to an aromatic ring is 1. The lowest BCUT2D eigenvalue weighted by Gasteiger charge is -2.47. The van der Waals surface area contributed by atoms with Crippen molar-refractivity contribution < 1.29 is 4.79 Å². The first-order chi connectivity index (χ1) is 10.0. The van der Waals surface area contributed by atoms with Gasteiger partial charge in [0, 0.05) is 34.9 Å². The number of anilines is 1. The van der Waals surface area contributed by atoms with Crippen molar-refractivity contribution in [1.82, 2.24) is 15.2 Å². The number of carbonyl (C=O) groups is 1. The highest BCUT2D eigenvalue weighted by Gasteiger charge is 2.39. The molecule has 5 heteroatoms. The standard InChI is InChI=1S/C16H22N4O/c1-20(2)16(6-3-7-16)10-19-15(21)13-9-18-14-8-11(17)4-5-12(13)14/h4-5,8-9,18H,3,6-7,10,17H2,1-2H3,(H,19,21). The zero-order chi connectivity index (χ0) is 15.0. The fourth-order valence-corrected chi connectivity index (χ4v) is 3.04. The lowest BCUT2D eigenvalue weighted by Crippen LogP contribution is -2.57. The second kappa shape index (κ2) is 5.07. The molecule has 0 unspecified atom stereocenters. The van der Waals surface area contributed by atoms with Gasteiger partial charge in [-0.15, -0.1) is 0 Å². The highest BCUT2D eigenvalue weighted by molar-refractivity contribution is 6.07. The van der Waals surface area contributed by atoms with Crippen LogP contribution in [0.3, 0.4) is 0 Å². The minimum atomic E-state index is -0.0286. The van der Waals surface area contributed by atoms with Gasteiger partial charge >= 0.3 is 0 Å². The SMILES string of the molecule is CN(C)C1(CNC(=O)c2c[nH]c3cc(N)ccc23)CCC1. The zero-order valence-corrected chi connectivity index (χ0v) is 12.6. The fourth-order valence-electron chi connectivity index (χ4n) is 3.04. The van der Waals surface area contributed by atoms with Crippen molar-refractivity contribution in [2.45, 2.75) is 24.8 Å². The molecule has 1 aliphatic rings. The molecule has 0 radical (unpaired) electrons. The Morgan fingerprint density at radius 2 is 2.19 bits per heavy atom. The van der Waals surface area contributed by atoms with Crippen molar-refractivity contribution >= 4 is 22.5 Å². The molecule has 21 heavy (non-hydrogen) atoms. The molecule has 0 atom stereocenters. The molecule has 0 bridgehead atoms. The molecule has 1 aromatic heterocycles. The lowest BCUT2D eigenvalue weighted by atomic mass is 9.75. The predicted octanol–water partition coefficient (Wildman–Crippen LogP) is 1.96. The van der Waals surface area contributed by atoms with Gasteiger partial charge in [0.2, 0.25) is 0 Å². The third-order valence-electron chi connectivity index (χ3n) is 4.76. The van der Waals surface area contributed by atoms with Crippen LogP contribution in [0.25, 0.3) is 10.9 Å². The van der Waals surface area contributed by atoms with Crippen LogP contribution in [-0.2, 0) is 0 Å². The summed E-state index contributed by atoms with van der Waals surface area (Å²) in [6.45, 7) is 0.695. The number of carbonyl (C=O) groups excluding carboxylic acids is 1. The van der Waals surface area contributed by atoms with Gasteiger partial charge in [-0.1, -0.05) is 0 Å². The van der Waals surface area contributed by atoms with Gasteiger partial charge in [-0.3, -0.25) is 4.79 Å². The molecule has 3 rings (SSSR count). The molecule has 4 N–H and O–H groups in total. The largest absolute Gasteiger partial charge is 0.399 e. The smallest absolute Gasteiger partial charge is 0.253 e. The molecule has 1 saturated carbocycles. The Balaban J connectivity index is 1.75. The van der Waals surface area contributed by atoms with Crippen molar-refractivity contribution in [2.24, 2.45) is 0 Å². The van der Waals surface area contributed by atoms with Crippen molar-refractivity contribution in [1.29, 1.82) is 0 Å². The summed E-state index contributed by atoms with van der Waals surface area (Å²) in [6, 6.07) is 5.56. The van der Waals surface area contributed by atoms with Crippen LogP contribution in [0.4, 0.5) is 5.69 Å². The Hall–Kier alpha value is -2.01. The summed E-state index contributed by atoms with van der Waals surface area (Å²) in [7, 11) is 4.17. The summed E-state index contributed by atoms with van der Waals surface area (Å²) < 4.78 is 0. The number of rotatable bonds is 4. The summed E-state index contributed by atoms with van der Waals surface area (Å²) in [5.41, 5.74) is 8.15. The monoisotopic (exact) mass is 286 g/mol. The van der Waals surface area contributed by atoms with Crippen LogP contribution in [0.1, 0.15) is 29.6 Å². The first-order valence-electron chi connectivity index (χ1n) is 7.34. The Morgan fingerprint density at radius 3 is 2.81 bits per heavy atom. The summed E-state index contributed by atoms with van der Waals surface area (Å²) in [6.07, 6.45) is 5.28. The second-order valence-corrected chi connectivity index (χ2v) is 6.16. The van der Waals surface area contributed by atoms with E-state index in [1.807, 2.05) is 18.2 Å². The lowest BCUT2D eigenvalue weighted by molar-refractivity contribution is 0.0558. The van der Waals surface area contributed by atoms with Gasteiger partial charge in [-0.05, 0) is 51.6 Å². The van der Waals surface area contributed by atoms with Crippen LogP contribution >= 0.6 is 0 Å². The average molecular weight is 286 g/mol. The summed E-state index contributed by atoms with van der Waals surface area (Å²) >= 11 is 0.